The zero-order valence-electron chi connectivity index (χ0n) is 10.2. The lowest BCUT2D eigenvalue weighted by Gasteiger charge is -2.08. The number of hydrogen-bond acceptors (Lipinski definition) is 2. The van der Waals surface area contributed by atoms with Crippen molar-refractivity contribution in [1.82, 2.24) is 4.98 Å². The molecule has 0 aliphatic heterocycles. The topological polar surface area (TPSA) is 42.0 Å². The summed E-state index contributed by atoms with van der Waals surface area (Å²) in [5.41, 5.74) is -0.610. The van der Waals surface area contributed by atoms with Gasteiger partial charge in [0.1, 0.15) is 5.69 Å². The van der Waals surface area contributed by atoms with Crippen LogP contribution in [0, 0.1) is 0 Å². The van der Waals surface area contributed by atoms with Gasteiger partial charge in [0.25, 0.3) is 5.91 Å². The minimum absolute atomic E-state index is 0.0158. The molecule has 0 saturated carbocycles. The molecular weight excluding hydrogens is 373 g/mol. The number of alkyl halides is 3. The van der Waals surface area contributed by atoms with E-state index in [4.69, 9.17) is 11.6 Å². The third-order valence-corrected chi connectivity index (χ3v) is 3.73. The van der Waals surface area contributed by atoms with Crippen LogP contribution in [0.2, 0.25) is 5.02 Å². The molecule has 3 nitrogen and oxygen atoms in total. The number of nitrogens with one attached hydrogen (secondary N) is 1. The number of aromatic nitrogens is 1. The second-order valence-corrected chi connectivity index (χ2v) is 5.27. The molecule has 0 unspecified atom stereocenters. The molecular formula is C13H7BrClF3N2O. The van der Waals surface area contributed by atoms with Gasteiger partial charge < -0.3 is 5.32 Å². The largest absolute Gasteiger partial charge is 0.433 e. The van der Waals surface area contributed by atoms with E-state index in [-0.39, 0.29) is 5.56 Å². The molecule has 8 heteroatoms. The monoisotopic (exact) mass is 378 g/mol. The minimum atomic E-state index is -4.53. The first-order valence-corrected chi connectivity index (χ1v) is 6.74. The van der Waals surface area contributed by atoms with E-state index in [1.807, 2.05) is 0 Å². The number of benzene rings is 1. The number of anilines is 1. The van der Waals surface area contributed by atoms with Gasteiger partial charge in [-0.25, -0.2) is 0 Å². The van der Waals surface area contributed by atoms with E-state index < -0.39 is 17.8 Å². The molecule has 0 spiro atoms. The van der Waals surface area contributed by atoms with E-state index >= 15 is 0 Å². The SMILES string of the molecule is O=C(Nc1ccc(Br)c(Cl)c1)c1ccc(C(F)(F)F)nc1. The summed E-state index contributed by atoms with van der Waals surface area (Å²) in [6.45, 7) is 0. The van der Waals surface area contributed by atoms with Crippen LogP contribution in [-0.2, 0) is 6.18 Å². The molecule has 1 heterocycles. The summed E-state index contributed by atoms with van der Waals surface area (Å²) in [7, 11) is 0. The van der Waals surface area contributed by atoms with Gasteiger partial charge in [-0.05, 0) is 46.3 Å². The summed E-state index contributed by atoms with van der Waals surface area (Å²) in [5, 5.41) is 2.92. The van der Waals surface area contributed by atoms with Gasteiger partial charge in [0.15, 0.2) is 0 Å². The van der Waals surface area contributed by atoms with Crippen LogP contribution < -0.4 is 5.32 Å². The molecule has 0 bridgehead atoms. The lowest BCUT2D eigenvalue weighted by Crippen LogP contribution is -2.14. The highest BCUT2D eigenvalue weighted by molar-refractivity contribution is 9.10. The van der Waals surface area contributed by atoms with Gasteiger partial charge in [-0.3, -0.25) is 9.78 Å². The highest BCUT2D eigenvalue weighted by atomic mass is 79.9. The molecule has 2 aromatic rings. The van der Waals surface area contributed by atoms with Crippen LogP contribution >= 0.6 is 27.5 Å². The summed E-state index contributed by atoms with van der Waals surface area (Å²) in [4.78, 5) is 15.1. The molecule has 0 saturated heterocycles. The Morgan fingerprint density at radius 3 is 2.48 bits per heavy atom. The van der Waals surface area contributed by atoms with Crippen molar-refractivity contribution in [2.24, 2.45) is 0 Å². The number of amides is 1. The van der Waals surface area contributed by atoms with Crippen molar-refractivity contribution in [1.29, 1.82) is 0 Å². The molecule has 0 aliphatic rings. The second-order valence-electron chi connectivity index (χ2n) is 4.01. The molecule has 2 rings (SSSR count). The Morgan fingerprint density at radius 1 is 1.24 bits per heavy atom. The molecule has 1 aromatic carbocycles. The number of nitrogens with zero attached hydrogens (tertiary/aromatic N) is 1. The average Bonchev–Trinajstić information content (AvgIpc) is 2.42. The molecule has 0 atom stereocenters. The van der Waals surface area contributed by atoms with Crippen molar-refractivity contribution < 1.29 is 18.0 Å². The van der Waals surface area contributed by atoms with Crippen LogP contribution in [0.4, 0.5) is 18.9 Å². The van der Waals surface area contributed by atoms with E-state index in [0.29, 0.717) is 15.2 Å². The van der Waals surface area contributed by atoms with Gasteiger partial charge in [-0.15, -0.1) is 0 Å². The molecule has 1 N–H and O–H groups in total. The van der Waals surface area contributed by atoms with Crippen LogP contribution in [0.5, 0.6) is 0 Å². The maximum atomic E-state index is 12.4. The smallest absolute Gasteiger partial charge is 0.322 e. The average molecular weight is 380 g/mol. The first kappa shape index (κ1) is 15.8. The molecule has 0 radical (unpaired) electrons. The summed E-state index contributed by atoms with van der Waals surface area (Å²) >= 11 is 9.08. The van der Waals surface area contributed by atoms with Crippen molar-refractivity contribution in [2.75, 3.05) is 5.32 Å². The highest BCUT2D eigenvalue weighted by Gasteiger charge is 2.32. The second kappa shape index (κ2) is 6.03. The third kappa shape index (κ3) is 3.95. The van der Waals surface area contributed by atoms with Gasteiger partial charge in [0.2, 0.25) is 0 Å². The lowest BCUT2D eigenvalue weighted by molar-refractivity contribution is -0.141. The van der Waals surface area contributed by atoms with Crippen LogP contribution in [0.25, 0.3) is 0 Å². The van der Waals surface area contributed by atoms with Crippen LogP contribution in [0.15, 0.2) is 41.0 Å². The minimum Gasteiger partial charge on any atom is -0.322 e. The highest BCUT2D eigenvalue weighted by Crippen LogP contribution is 2.28. The van der Waals surface area contributed by atoms with Crippen LogP contribution in [-0.4, -0.2) is 10.9 Å². The van der Waals surface area contributed by atoms with Crippen molar-refractivity contribution in [3.8, 4) is 0 Å². The van der Waals surface area contributed by atoms with E-state index in [1.54, 1.807) is 12.1 Å². The van der Waals surface area contributed by atoms with Gasteiger partial charge in [0, 0.05) is 16.4 Å². The number of rotatable bonds is 2. The normalized spacial score (nSPS) is 11.3. The molecule has 0 fully saturated rings. The zero-order valence-corrected chi connectivity index (χ0v) is 12.6. The van der Waals surface area contributed by atoms with Crippen molar-refractivity contribution >= 4 is 39.1 Å². The summed E-state index contributed by atoms with van der Waals surface area (Å²) in [6.07, 6.45) is -3.66. The van der Waals surface area contributed by atoms with Crippen molar-refractivity contribution in [2.45, 2.75) is 6.18 Å². The van der Waals surface area contributed by atoms with Gasteiger partial charge in [-0.1, -0.05) is 11.6 Å². The Bertz CT molecular complexity index is 674. The van der Waals surface area contributed by atoms with Crippen molar-refractivity contribution in [3.63, 3.8) is 0 Å². The van der Waals surface area contributed by atoms with Crippen molar-refractivity contribution in [3.05, 3.63) is 57.3 Å². The Kier molecular flexibility index (Phi) is 4.53. The third-order valence-electron chi connectivity index (χ3n) is 2.49. The summed E-state index contributed by atoms with van der Waals surface area (Å²) < 4.78 is 37.8. The quantitative estimate of drug-likeness (QED) is 0.817. The van der Waals surface area contributed by atoms with E-state index in [2.05, 4.69) is 26.2 Å². The lowest BCUT2D eigenvalue weighted by atomic mass is 10.2. The van der Waals surface area contributed by atoms with E-state index in [9.17, 15) is 18.0 Å². The van der Waals surface area contributed by atoms with E-state index in [1.165, 1.54) is 6.07 Å². The molecule has 21 heavy (non-hydrogen) atoms. The Labute approximate surface area is 131 Å². The number of carbonyl (C=O) groups is 1. The Hall–Kier alpha value is -1.60. The fourth-order valence-electron chi connectivity index (χ4n) is 1.47. The Balaban J connectivity index is 2.15. The van der Waals surface area contributed by atoms with Gasteiger partial charge in [-0.2, -0.15) is 13.2 Å². The number of carbonyl (C=O) groups excluding carboxylic acids is 1. The number of halogens is 5. The maximum absolute atomic E-state index is 12.4. The predicted molar refractivity (Wildman–Crippen MR) is 76.3 cm³/mol. The van der Waals surface area contributed by atoms with Crippen LogP contribution in [0.3, 0.4) is 0 Å². The van der Waals surface area contributed by atoms with Gasteiger partial charge >= 0.3 is 6.18 Å². The molecule has 1 amide bonds. The van der Waals surface area contributed by atoms with E-state index in [0.717, 1.165) is 18.3 Å². The molecule has 0 aliphatic carbocycles. The Morgan fingerprint density at radius 2 is 1.95 bits per heavy atom. The number of hydrogen-bond donors (Lipinski definition) is 1. The predicted octanol–water partition coefficient (Wildman–Crippen LogP) is 4.77. The maximum Gasteiger partial charge on any atom is 0.433 e. The van der Waals surface area contributed by atoms with Crippen LogP contribution in [0.1, 0.15) is 16.1 Å². The molecule has 110 valence electrons. The molecule has 1 aromatic heterocycles. The standard InChI is InChI=1S/C13H7BrClF3N2O/c14-9-3-2-8(5-10(9)15)20-12(21)7-1-4-11(19-6-7)13(16,17)18/h1-6H,(H,20,21). The first-order valence-electron chi connectivity index (χ1n) is 5.57. The number of pyridine rings is 1. The summed E-state index contributed by atoms with van der Waals surface area (Å²) in [5.74, 6) is -0.574. The van der Waals surface area contributed by atoms with Gasteiger partial charge in [0.05, 0.1) is 10.6 Å². The fourth-order valence-corrected chi connectivity index (χ4v) is 1.90. The zero-order chi connectivity index (χ0) is 15.6. The first-order chi connectivity index (χ1) is 9.77. The fraction of sp³-hybridized carbons (Fsp3) is 0.0769. The summed E-state index contributed by atoms with van der Waals surface area (Å²) in [6, 6.07) is 6.57.